The lowest BCUT2D eigenvalue weighted by molar-refractivity contribution is -0.136. The largest absolute Gasteiger partial charge is 0.494 e. The molecule has 1 amide bonds. The number of methoxy groups -OCH3 is 1. The van der Waals surface area contributed by atoms with Crippen molar-refractivity contribution in [1.29, 1.82) is 0 Å². The van der Waals surface area contributed by atoms with E-state index in [9.17, 15) is 9.59 Å². The van der Waals surface area contributed by atoms with Crippen LogP contribution in [0, 0.1) is 0 Å². The predicted molar refractivity (Wildman–Crippen MR) is 92.2 cm³/mol. The Labute approximate surface area is 141 Å². The van der Waals surface area contributed by atoms with Crippen LogP contribution in [0.1, 0.15) is 19.4 Å². The number of ether oxygens (including phenoxy) is 2. The van der Waals surface area contributed by atoms with Gasteiger partial charge in [-0.15, -0.1) is 6.58 Å². The van der Waals surface area contributed by atoms with E-state index < -0.39 is 5.97 Å². The van der Waals surface area contributed by atoms with Gasteiger partial charge in [0.15, 0.2) is 0 Å². The highest BCUT2D eigenvalue weighted by atomic mass is 16.5. The molecule has 0 atom stereocenters. The minimum atomic E-state index is -0.524. The molecule has 0 saturated carbocycles. The molecule has 0 aromatic heterocycles. The molecule has 2 rings (SSSR count). The van der Waals surface area contributed by atoms with Crippen molar-refractivity contribution in [3.05, 3.63) is 59.3 Å². The zero-order chi connectivity index (χ0) is 17.7. The van der Waals surface area contributed by atoms with Gasteiger partial charge in [-0.1, -0.05) is 18.2 Å². The standard InChI is InChI=1S/C19H21NO4/c1-5-11-20-13(3)17(19(22)23-4)16(18(20)21)12-14-7-9-15(10-8-14)24-6-2/h5,7-10,12H,1,6,11H2,2-4H3/b16-12-. The lowest BCUT2D eigenvalue weighted by atomic mass is 10.0. The van der Waals surface area contributed by atoms with Crippen LogP contribution in [0.25, 0.3) is 6.08 Å². The van der Waals surface area contributed by atoms with E-state index in [4.69, 9.17) is 9.47 Å². The third-order valence-electron chi connectivity index (χ3n) is 3.71. The first-order chi connectivity index (χ1) is 11.5. The summed E-state index contributed by atoms with van der Waals surface area (Å²) >= 11 is 0. The first-order valence-corrected chi connectivity index (χ1v) is 7.70. The second kappa shape index (κ2) is 7.64. The van der Waals surface area contributed by atoms with Crippen molar-refractivity contribution < 1.29 is 19.1 Å². The minimum Gasteiger partial charge on any atom is -0.494 e. The molecule has 5 nitrogen and oxygen atoms in total. The molecule has 126 valence electrons. The topological polar surface area (TPSA) is 55.8 Å². The number of nitrogens with zero attached hydrogens (tertiary/aromatic N) is 1. The quantitative estimate of drug-likeness (QED) is 0.458. The summed E-state index contributed by atoms with van der Waals surface area (Å²) in [6.45, 7) is 8.22. The summed E-state index contributed by atoms with van der Waals surface area (Å²) in [5, 5.41) is 0. The van der Waals surface area contributed by atoms with Crippen LogP contribution in [0.15, 0.2) is 53.8 Å². The van der Waals surface area contributed by atoms with Crippen molar-refractivity contribution in [2.24, 2.45) is 0 Å². The Kier molecular flexibility index (Phi) is 5.58. The molecule has 24 heavy (non-hydrogen) atoms. The fourth-order valence-electron chi connectivity index (χ4n) is 2.57. The van der Waals surface area contributed by atoms with E-state index in [1.54, 1.807) is 19.1 Å². The number of hydrogen-bond acceptors (Lipinski definition) is 4. The number of esters is 1. The molecule has 5 heteroatoms. The van der Waals surface area contributed by atoms with Crippen molar-refractivity contribution in [3.63, 3.8) is 0 Å². The molecule has 0 N–H and O–H groups in total. The van der Waals surface area contributed by atoms with E-state index >= 15 is 0 Å². The maximum Gasteiger partial charge on any atom is 0.340 e. The first-order valence-electron chi connectivity index (χ1n) is 7.70. The molecule has 1 aliphatic rings. The smallest absolute Gasteiger partial charge is 0.340 e. The molecule has 1 aromatic rings. The summed E-state index contributed by atoms with van der Waals surface area (Å²) in [5.41, 5.74) is 1.99. The Bertz CT molecular complexity index is 713. The van der Waals surface area contributed by atoms with Crippen molar-refractivity contribution in [2.75, 3.05) is 20.3 Å². The molecule has 0 fully saturated rings. The summed E-state index contributed by atoms with van der Waals surface area (Å²) in [6.07, 6.45) is 3.31. The van der Waals surface area contributed by atoms with Gasteiger partial charge in [0.1, 0.15) is 5.75 Å². The van der Waals surface area contributed by atoms with Crippen LogP contribution in [-0.4, -0.2) is 37.0 Å². The number of carbonyl (C=O) groups excluding carboxylic acids is 2. The number of hydrogen-bond donors (Lipinski definition) is 0. The van der Waals surface area contributed by atoms with E-state index in [0.717, 1.165) is 11.3 Å². The van der Waals surface area contributed by atoms with Gasteiger partial charge in [0.2, 0.25) is 0 Å². The monoisotopic (exact) mass is 327 g/mol. The van der Waals surface area contributed by atoms with Gasteiger partial charge in [0.25, 0.3) is 5.91 Å². The third-order valence-corrected chi connectivity index (χ3v) is 3.71. The van der Waals surface area contributed by atoms with Crippen LogP contribution in [0.3, 0.4) is 0 Å². The fraction of sp³-hybridized carbons (Fsp3) is 0.263. The Hall–Kier alpha value is -2.82. The molecule has 0 saturated heterocycles. The minimum absolute atomic E-state index is 0.235. The molecular formula is C19H21NO4. The van der Waals surface area contributed by atoms with Crippen LogP contribution >= 0.6 is 0 Å². The molecule has 1 aliphatic heterocycles. The lowest BCUT2D eigenvalue weighted by Crippen LogP contribution is -2.24. The molecule has 1 heterocycles. The highest BCUT2D eigenvalue weighted by Crippen LogP contribution is 2.31. The van der Waals surface area contributed by atoms with E-state index in [-0.39, 0.29) is 5.91 Å². The van der Waals surface area contributed by atoms with Gasteiger partial charge in [-0.3, -0.25) is 4.79 Å². The Morgan fingerprint density at radius 3 is 2.50 bits per heavy atom. The number of rotatable bonds is 6. The van der Waals surface area contributed by atoms with E-state index in [2.05, 4.69) is 6.58 Å². The van der Waals surface area contributed by atoms with Crippen LogP contribution in [-0.2, 0) is 14.3 Å². The number of carbonyl (C=O) groups is 2. The van der Waals surface area contributed by atoms with Crippen LogP contribution in [0.2, 0.25) is 0 Å². The molecule has 1 aromatic carbocycles. The van der Waals surface area contributed by atoms with Crippen molar-refractivity contribution >= 4 is 18.0 Å². The predicted octanol–water partition coefficient (Wildman–Crippen LogP) is 2.94. The summed E-state index contributed by atoms with van der Waals surface area (Å²) in [4.78, 5) is 26.3. The zero-order valence-electron chi connectivity index (χ0n) is 14.2. The summed E-state index contributed by atoms with van der Waals surface area (Å²) < 4.78 is 10.2. The van der Waals surface area contributed by atoms with Crippen molar-refractivity contribution in [1.82, 2.24) is 4.90 Å². The van der Waals surface area contributed by atoms with Crippen molar-refractivity contribution in [3.8, 4) is 5.75 Å². The molecule has 0 unspecified atom stereocenters. The number of allylic oxidation sites excluding steroid dienone is 1. The highest BCUT2D eigenvalue weighted by Gasteiger charge is 2.36. The van der Waals surface area contributed by atoms with Crippen LogP contribution in [0.5, 0.6) is 5.75 Å². The van der Waals surface area contributed by atoms with E-state index in [1.807, 2.05) is 31.2 Å². The number of amides is 1. The van der Waals surface area contributed by atoms with Gasteiger partial charge >= 0.3 is 5.97 Å². The van der Waals surface area contributed by atoms with Gasteiger partial charge in [-0.05, 0) is 37.6 Å². The summed E-state index contributed by atoms with van der Waals surface area (Å²) in [7, 11) is 1.30. The normalized spacial score (nSPS) is 15.9. The average Bonchev–Trinajstić information content (AvgIpc) is 2.81. The van der Waals surface area contributed by atoms with E-state index in [1.165, 1.54) is 12.0 Å². The third kappa shape index (κ3) is 3.40. The first kappa shape index (κ1) is 17.5. The molecule has 0 radical (unpaired) electrons. The van der Waals surface area contributed by atoms with Crippen LogP contribution in [0.4, 0.5) is 0 Å². The maximum atomic E-state index is 12.6. The average molecular weight is 327 g/mol. The van der Waals surface area contributed by atoms with Gasteiger partial charge in [-0.25, -0.2) is 4.79 Å². The molecule has 0 spiro atoms. The van der Waals surface area contributed by atoms with Gasteiger partial charge in [-0.2, -0.15) is 0 Å². The highest BCUT2D eigenvalue weighted by molar-refractivity contribution is 6.16. The maximum absolute atomic E-state index is 12.6. The molecule has 0 aliphatic carbocycles. The zero-order valence-corrected chi connectivity index (χ0v) is 14.2. The Morgan fingerprint density at radius 1 is 1.29 bits per heavy atom. The Morgan fingerprint density at radius 2 is 1.96 bits per heavy atom. The second-order valence-electron chi connectivity index (χ2n) is 5.22. The number of benzene rings is 1. The molecular weight excluding hydrogens is 306 g/mol. The van der Waals surface area contributed by atoms with Gasteiger partial charge < -0.3 is 14.4 Å². The second-order valence-corrected chi connectivity index (χ2v) is 5.22. The SMILES string of the molecule is C=CCN1C(=O)/C(=C\c2ccc(OCC)cc2)C(C(=O)OC)=C1C. The fourth-order valence-corrected chi connectivity index (χ4v) is 2.57. The van der Waals surface area contributed by atoms with Gasteiger partial charge in [0.05, 0.1) is 24.9 Å². The Balaban J connectivity index is 2.43. The summed E-state index contributed by atoms with van der Waals surface area (Å²) in [6, 6.07) is 7.33. The summed E-state index contributed by atoms with van der Waals surface area (Å²) in [5.74, 6) is -0.00289. The lowest BCUT2D eigenvalue weighted by Gasteiger charge is -2.14. The van der Waals surface area contributed by atoms with Gasteiger partial charge in [0, 0.05) is 12.2 Å². The van der Waals surface area contributed by atoms with E-state index in [0.29, 0.717) is 30.0 Å². The van der Waals surface area contributed by atoms with Crippen molar-refractivity contribution in [2.45, 2.75) is 13.8 Å². The molecule has 0 bridgehead atoms. The van der Waals surface area contributed by atoms with Crippen LogP contribution < -0.4 is 4.74 Å².